The summed E-state index contributed by atoms with van der Waals surface area (Å²) in [4.78, 5) is 0. The van der Waals surface area contributed by atoms with Crippen LogP contribution in [0.15, 0.2) is 23.2 Å². The van der Waals surface area contributed by atoms with E-state index in [-0.39, 0.29) is 5.31 Å². The molecule has 0 rings (SSSR count). The summed E-state index contributed by atoms with van der Waals surface area (Å²) in [5.41, 5.74) is 2.70. The molecular weight excluding hydrogens is 178 g/mol. The predicted molar refractivity (Wildman–Crippen MR) is 75.7 cm³/mol. The Hall–Kier alpha value is -0.830. The molecule has 0 saturated heterocycles. The van der Waals surface area contributed by atoms with Crippen molar-refractivity contribution in [3.63, 3.8) is 0 Å². The Morgan fingerprint density at radius 1 is 1.40 bits per heavy atom. The SMILES string of the molecule is B/C(C)=C/C(B)(C)C#CC/C(C)=C\CC. The van der Waals surface area contributed by atoms with E-state index in [0.717, 1.165) is 12.8 Å². The van der Waals surface area contributed by atoms with Crippen LogP contribution in [0.25, 0.3) is 0 Å². The second kappa shape index (κ2) is 6.62. The van der Waals surface area contributed by atoms with E-state index in [1.54, 1.807) is 0 Å². The van der Waals surface area contributed by atoms with Gasteiger partial charge in [0.25, 0.3) is 0 Å². The first kappa shape index (κ1) is 14.2. The molecule has 0 saturated carbocycles. The lowest BCUT2D eigenvalue weighted by Crippen LogP contribution is -2.01. The van der Waals surface area contributed by atoms with E-state index in [2.05, 4.69) is 67.4 Å². The van der Waals surface area contributed by atoms with Crippen molar-refractivity contribution in [1.29, 1.82) is 0 Å². The molecule has 0 nitrogen and oxygen atoms in total. The van der Waals surface area contributed by atoms with E-state index in [9.17, 15) is 0 Å². The molecule has 0 aliphatic carbocycles. The third kappa shape index (κ3) is 8.18. The first-order valence-corrected chi connectivity index (χ1v) is 5.69. The van der Waals surface area contributed by atoms with Crippen LogP contribution in [0.2, 0.25) is 5.31 Å². The lowest BCUT2D eigenvalue weighted by molar-refractivity contribution is 0.997. The molecule has 0 heterocycles. The molecule has 0 aromatic heterocycles. The van der Waals surface area contributed by atoms with Crippen molar-refractivity contribution < 1.29 is 0 Å². The molecule has 0 amide bonds. The van der Waals surface area contributed by atoms with Gasteiger partial charge in [0.15, 0.2) is 0 Å². The van der Waals surface area contributed by atoms with Gasteiger partial charge in [0.1, 0.15) is 15.7 Å². The Balaban J connectivity index is 4.41. The highest BCUT2D eigenvalue weighted by molar-refractivity contribution is 6.24. The quantitative estimate of drug-likeness (QED) is 0.371. The first-order valence-electron chi connectivity index (χ1n) is 5.69. The molecular formula is C13H22B2. The van der Waals surface area contributed by atoms with Crippen LogP contribution in [0.5, 0.6) is 0 Å². The minimum atomic E-state index is 0.00529. The topological polar surface area (TPSA) is 0 Å². The molecule has 0 radical (unpaired) electrons. The fourth-order valence-electron chi connectivity index (χ4n) is 1.59. The number of allylic oxidation sites excluding steroid dienone is 4. The van der Waals surface area contributed by atoms with Crippen molar-refractivity contribution in [2.24, 2.45) is 0 Å². The molecule has 0 N–H and O–H groups in total. The monoisotopic (exact) mass is 200 g/mol. The van der Waals surface area contributed by atoms with Crippen molar-refractivity contribution in [1.82, 2.24) is 0 Å². The molecule has 1 unspecified atom stereocenters. The second-order valence-corrected chi connectivity index (χ2v) is 4.88. The van der Waals surface area contributed by atoms with Gasteiger partial charge in [-0.05, 0) is 13.3 Å². The average molecular weight is 200 g/mol. The van der Waals surface area contributed by atoms with Gasteiger partial charge in [-0.15, -0.1) is 11.4 Å². The minimum absolute atomic E-state index is 0.00529. The van der Waals surface area contributed by atoms with Crippen molar-refractivity contribution in [3.8, 4) is 11.8 Å². The second-order valence-electron chi connectivity index (χ2n) is 4.88. The zero-order valence-corrected chi connectivity index (χ0v) is 11.1. The molecule has 0 bridgehead atoms. The van der Waals surface area contributed by atoms with Crippen molar-refractivity contribution in [3.05, 3.63) is 23.2 Å². The summed E-state index contributed by atoms with van der Waals surface area (Å²) < 4.78 is 0. The molecule has 0 aromatic carbocycles. The highest BCUT2D eigenvalue weighted by Crippen LogP contribution is 2.21. The third-order valence-electron chi connectivity index (χ3n) is 1.98. The van der Waals surface area contributed by atoms with Crippen LogP contribution in [0.3, 0.4) is 0 Å². The van der Waals surface area contributed by atoms with Crippen LogP contribution in [0, 0.1) is 11.8 Å². The van der Waals surface area contributed by atoms with Gasteiger partial charge >= 0.3 is 0 Å². The van der Waals surface area contributed by atoms with Crippen LogP contribution < -0.4 is 0 Å². The van der Waals surface area contributed by atoms with E-state index in [4.69, 9.17) is 0 Å². The van der Waals surface area contributed by atoms with Crippen LogP contribution >= 0.6 is 0 Å². The van der Waals surface area contributed by atoms with Crippen LogP contribution in [-0.2, 0) is 0 Å². The molecule has 0 aromatic rings. The fraction of sp³-hybridized carbons (Fsp3) is 0.538. The molecule has 0 aliphatic heterocycles. The molecule has 1 atom stereocenters. The Labute approximate surface area is 97.0 Å². The van der Waals surface area contributed by atoms with E-state index in [1.807, 2.05) is 0 Å². The van der Waals surface area contributed by atoms with Crippen LogP contribution in [0.1, 0.15) is 40.5 Å². The van der Waals surface area contributed by atoms with E-state index in [0.29, 0.717) is 0 Å². The molecule has 0 spiro atoms. The highest BCUT2D eigenvalue weighted by Gasteiger charge is 2.09. The van der Waals surface area contributed by atoms with Gasteiger partial charge < -0.3 is 0 Å². The zero-order chi connectivity index (χ0) is 11.9. The van der Waals surface area contributed by atoms with E-state index >= 15 is 0 Å². The van der Waals surface area contributed by atoms with Crippen molar-refractivity contribution in [2.75, 3.05) is 0 Å². The number of hydrogen-bond donors (Lipinski definition) is 0. The summed E-state index contributed by atoms with van der Waals surface area (Å²) in [5.74, 6) is 6.57. The highest BCUT2D eigenvalue weighted by atomic mass is 14.0. The van der Waals surface area contributed by atoms with Gasteiger partial charge in [-0.1, -0.05) is 44.4 Å². The standard InChI is InChI=1S/C13H22B2/c1-5-7-11(2)8-6-9-13(4,15)10-12(3)14/h7,10H,5,8,14-15H2,1-4H3/b11-7-,12-10+. The number of hydrogen-bond acceptors (Lipinski definition) is 0. The van der Waals surface area contributed by atoms with Gasteiger partial charge in [-0.2, -0.15) is 0 Å². The molecule has 0 fully saturated rings. The summed E-state index contributed by atoms with van der Waals surface area (Å²) in [6.45, 7) is 8.58. The maximum Gasteiger partial charge on any atom is 0.133 e. The summed E-state index contributed by atoms with van der Waals surface area (Å²) in [5, 5.41) is 0.00529. The molecule has 80 valence electrons. The maximum atomic E-state index is 3.31. The van der Waals surface area contributed by atoms with Crippen molar-refractivity contribution in [2.45, 2.75) is 45.9 Å². The largest absolute Gasteiger partial charge is 0.133 e. The first-order chi connectivity index (χ1) is 6.87. The summed E-state index contributed by atoms with van der Waals surface area (Å²) in [6, 6.07) is 0. The van der Waals surface area contributed by atoms with E-state index in [1.165, 1.54) is 11.0 Å². The fourth-order valence-corrected chi connectivity index (χ4v) is 1.59. The van der Waals surface area contributed by atoms with Crippen molar-refractivity contribution >= 4 is 15.7 Å². The maximum absolute atomic E-state index is 3.31. The van der Waals surface area contributed by atoms with Gasteiger partial charge in [-0.25, -0.2) is 0 Å². The lowest BCUT2D eigenvalue weighted by Gasteiger charge is -2.12. The normalized spacial score (nSPS) is 16.5. The average Bonchev–Trinajstić information content (AvgIpc) is 2.01. The summed E-state index contributed by atoms with van der Waals surface area (Å²) in [7, 11) is 4.28. The zero-order valence-electron chi connectivity index (χ0n) is 11.1. The summed E-state index contributed by atoms with van der Waals surface area (Å²) >= 11 is 0. The Bertz CT molecular complexity index is 307. The Kier molecular flexibility index (Phi) is 6.25. The molecule has 15 heavy (non-hydrogen) atoms. The van der Waals surface area contributed by atoms with Gasteiger partial charge in [0, 0.05) is 11.7 Å². The van der Waals surface area contributed by atoms with Gasteiger partial charge in [0.05, 0.1) is 0 Å². The van der Waals surface area contributed by atoms with Crippen LogP contribution in [0.4, 0.5) is 0 Å². The van der Waals surface area contributed by atoms with Gasteiger partial charge in [0.2, 0.25) is 0 Å². The molecule has 0 aliphatic rings. The van der Waals surface area contributed by atoms with Crippen LogP contribution in [-0.4, -0.2) is 15.7 Å². The summed E-state index contributed by atoms with van der Waals surface area (Å²) in [6.07, 6.45) is 6.46. The number of rotatable bonds is 3. The Morgan fingerprint density at radius 2 is 2.00 bits per heavy atom. The smallest absolute Gasteiger partial charge is 0.116 e. The minimum Gasteiger partial charge on any atom is -0.116 e. The molecule has 2 heteroatoms. The van der Waals surface area contributed by atoms with Gasteiger partial charge in [-0.3, -0.25) is 0 Å². The third-order valence-corrected chi connectivity index (χ3v) is 1.98. The lowest BCUT2D eigenvalue weighted by atomic mass is 9.68. The predicted octanol–water partition coefficient (Wildman–Crippen LogP) is 2.08. The Morgan fingerprint density at radius 3 is 2.47 bits per heavy atom. The van der Waals surface area contributed by atoms with E-state index < -0.39 is 0 Å².